The van der Waals surface area contributed by atoms with Crippen LogP contribution in [0.3, 0.4) is 0 Å². The van der Waals surface area contributed by atoms with Gasteiger partial charge in [-0.05, 0) is 40.6 Å². The summed E-state index contributed by atoms with van der Waals surface area (Å²) in [6.45, 7) is 6.83. The van der Waals surface area contributed by atoms with E-state index in [0.29, 0.717) is 0 Å². The molecule has 2 heterocycles. The van der Waals surface area contributed by atoms with Crippen LogP contribution in [0.4, 0.5) is 0 Å². The zero-order valence-corrected chi connectivity index (χ0v) is 17.5. The molecule has 0 aliphatic rings. The van der Waals surface area contributed by atoms with Crippen molar-refractivity contribution < 1.29 is 0 Å². The van der Waals surface area contributed by atoms with Crippen LogP contribution in [-0.2, 0) is 5.41 Å². The third-order valence-corrected chi connectivity index (χ3v) is 6.27. The maximum Gasteiger partial charge on any atom is 0.0798 e. The molecule has 0 saturated heterocycles. The van der Waals surface area contributed by atoms with E-state index in [2.05, 4.69) is 115 Å². The molecule has 0 spiro atoms. The second-order valence-corrected chi connectivity index (χ2v) is 9.21. The van der Waals surface area contributed by atoms with Crippen molar-refractivity contribution in [3.8, 4) is 5.69 Å². The molecule has 4 aromatic carbocycles. The van der Waals surface area contributed by atoms with Crippen LogP contribution in [-0.4, -0.2) is 9.55 Å². The van der Waals surface area contributed by atoms with Gasteiger partial charge in [-0.2, -0.15) is 0 Å². The van der Waals surface area contributed by atoms with Crippen molar-refractivity contribution in [2.24, 2.45) is 0 Å². The van der Waals surface area contributed by atoms with Gasteiger partial charge in [-0.25, -0.2) is 0 Å². The molecule has 0 unspecified atom stereocenters. The highest BCUT2D eigenvalue weighted by atomic mass is 15.0. The van der Waals surface area contributed by atoms with Crippen molar-refractivity contribution in [1.29, 1.82) is 0 Å². The molecule has 0 atom stereocenters. The topological polar surface area (TPSA) is 20.7 Å². The van der Waals surface area contributed by atoms with Gasteiger partial charge in [0.1, 0.15) is 0 Å². The molecular weight excluding hydrogens is 364 g/mol. The average molecular weight is 389 g/mol. The Morgan fingerprint density at radius 1 is 0.667 bits per heavy atom. The summed E-state index contributed by atoms with van der Waals surface area (Å²) in [6, 6.07) is 30.8. The number of nitrogens with zero attached hydrogens (tertiary/aromatic N) is 1. The second kappa shape index (κ2) is 5.99. The molecule has 0 aliphatic carbocycles. The Morgan fingerprint density at radius 3 is 2.23 bits per heavy atom. The third-order valence-electron chi connectivity index (χ3n) is 6.27. The van der Waals surface area contributed by atoms with Crippen LogP contribution in [0.5, 0.6) is 0 Å². The summed E-state index contributed by atoms with van der Waals surface area (Å²) in [4.78, 5) is 3.73. The van der Waals surface area contributed by atoms with E-state index >= 15 is 0 Å². The van der Waals surface area contributed by atoms with Gasteiger partial charge in [-0.3, -0.25) is 0 Å². The summed E-state index contributed by atoms with van der Waals surface area (Å²) in [7, 11) is 0. The van der Waals surface area contributed by atoms with Crippen LogP contribution in [0.25, 0.3) is 49.3 Å². The largest absolute Gasteiger partial charge is 0.353 e. The van der Waals surface area contributed by atoms with Gasteiger partial charge in [0.2, 0.25) is 0 Å². The number of nitrogens with one attached hydrogen (secondary N) is 1. The maximum atomic E-state index is 3.73. The molecule has 2 heteroatoms. The summed E-state index contributed by atoms with van der Waals surface area (Å²) in [6.07, 6.45) is 0. The van der Waals surface area contributed by atoms with Crippen molar-refractivity contribution in [2.75, 3.05) is 0 Å². The number of benzene rings is 4. The van der Waals surface area contributed by atoms with Gasteiger partial charge < -0.3 is 9.55 Å². The van der Waals surface area contributed by atoms with Crippen molar-refractivity contribution in [3.05, 3.63) is 90.5 Å². The SMILES string of the molecule is CC(C)(C)c1ccc2[nH]c3c4ccc5ccccc5c4n(-c4ccccc4)c3c2c1. The molecule has 30 heavy (non-hydrogen) atoms. The van der Waals surface area contributed by atoms with Gasteiger partial charge in [0.15, 0.2) is 0 Å². The first kappa shape index (κ1) is 17.3. The summed E-state index contributed by atoms with van der Waals surface area (Å²) >= 11 is 0. The molecule has 0 saturated carbocycles. The van der Waals surface area contributed by atoms with Gasteiger partial charge in [0.25, 0.3) is 0 Å². The number of para-hydroxylation sites is 1. The van der Waals surface area contributed by atoms with Crippen LogP contribution < -0.4 is 0 Å². The van der Waals surface area contributed by atoms with Gasteiger partial charge in [-0.15, -0.1) is 0 Å². The lowest BCUT2D eigenvalue weighted by Crippen LogP contribution is -2.10. The number of hydrogen-bond acceptors (Lipinski definition) is 0. The fourth-order valence-electron chi connectivity index (χ4n) is 4.72. The number of aromatic nitrogens is 2. The number of aromatic amines is 1. The summed E-state index contributed by atoms with van der Waals surface area (Å²) < 4.78 is 2.44. The quantitative estimate of drug-likeness (QED) is 0.298. The summed E-state index contributed by atoms with van der Waals surface area (Å²) in [5, 5.41) is 5.09. The van der Waals surface area contributed by atoms with Gasteiger partial charge in [0, 0.05) is 27.4 Å². The van der Waals surface area contributed by atoms with E-state index in [0.717, 1.165) is 0 Å². The average Bonchev–Trinajstić information content (AvgIpc) is 3.28. The second-order valence-electron chi connectivity index (χ2n) is 9.21. The summed E-state index contributed by atoms with van der Waals surface area (Å²) in [5.74, 6) is 0. The lowest BCUT2D eigenvalue weighted by Gasteiger charge is -2.19. The highest BCUT2D eigenvalue weighted by Gasteiger charge is 2.21. The van der Waals surface area contributed by atoms with E-state index in [1.165, 1.54) is 54.9 Å². The minimum atomic E-state index is 0.105. The Kier molecular flexibility index (Phi) is 3.47. The first-order valence-corrected chi connectivity index (χ1v) is 10.6. The maximum absolute atomic E-state index is 3.73. The molecule has 1 N–H and O–H groups in total. The number of rotatable bonds is 1. The van der Waals surface area contributed by atoms with Crippen molar-refractivity contribution in [2.45, 2.75) is 26.2 Å². The monoisotopic (exact) mass is 388 g/mol. The lowest BCUT2D eigenvalue weighted by atomic mass is 9.86. The van der Waals surface area contributed by atoms with E-state index < -0.39 is 0 Å². The molecule has 0 radical (unpaired) electrons. The normalized spacial score (nSPS) is 12.5. The van der Waals surface area contributed by atoms with E-state index in [1.807, 2.05) is 0 Å². The first-order chi connectivity index (χ1) is 14.5. The Hall–Kier alpha value is -3.52. The minimum absolute atomic E-state index is 0.105. The molecule has 0 aliphatic heterocycles. The zero-order chi connectivity index (χ0) is 20.5. The highest BCUT2D eigenvalue weighted by molar-refractivity contribution is 6.23. The molecule has 6 aromatic rings. The van der Waals surface area contributed by atoms with E-state index in [4.69, 9.17) is 0 Å². The molecular formula is C28H24N2. The van der Waals surface area contributed by atoms with Crippen LogP contribution in [0.2, 0.25) is 0 Å². The molecule has 0 bridgehead atoms. The molecule has 2 aromatic heterocycles. The van der Waals surface area contributed by atoms with Crippen LogP contribution in [0, 0.1) is 0 Å². The number of hydrogen-bond donors (Lipinski definition) is 1. The molecule has 0 fully saturated rings. The van der Waals surface area contributed by atoms with Crippen LogP contribution >= 0.6 is 0 Å². The number of H-pyrrole nitrogens is 1. The summed E-state index contributed by atoms with van der Waals surface area (Å²) in [5.41, 5.74) is 7.57. The van der Waals surface area contributed by atoms with E-state index in [9.17, 15) is 0 Å². The standard InChI is InChI=1S/C28H24N2/c1-28(2,3)19-14-16-24-23(17-19)27-25(29-24)22-15-13-18-9-7-8-12-21(18)26(22)30(27)20-10-5-4-6-11-20/h4-17,29H,1-3H3. The van der Waals surface area contributed by atoms with Crippen molar-refractivity contribution in [1.82, 2.24) is 9.55 Å². The minimum Gasteiger partial charge on any atom is -0.353 e. The Bertz CT molecular complexity index is 1560. The van der Waals surface area contributed by atoms with Gasteiger partial charge >= 0.3 is 0 Å². The van der Waals surface area contributed by atoms with Gasteiger partial charge in [0.05, 0.1) is 16.6 Å². The fraction of sp³-hybridized carbons (Fsp3) is 0.143. The lowest BCUT2D eigenvalue weighted by molar-refractivity contribution is 0.591. The number of fused-ring (bicyclic) bond motifs is 7. The van der Waals surface area contributed by atoms with Crippen LogP contribution in [0.1, 0.15) is 26.3 Å². The van der Waals surface area contributed by atoms with E-state index in [1.54, 1.807) is 0 Å². The predicted molar refractivity (Wildman–Crippen MR) is 129 cm³/mol. The fourth-order valence-corrected chi connectivity index (χ4v) is 4.72. The third kappa shape index (κ3) is 2.37. The molecule has 146 valence electrons. The smallest absolute Gasteiger partial charge is 0.0798 e. The van der Waals surface area contributed by atoms with E-state index in [-0.39, 0.29) is 5.41 Å². The Labute approximate surface area is 175 Å². The Morgan fingerprint density at radius 2 is 1.43 bits per heavy atom. The predicted octanol–water partition coefficient (Wildman–Crippen LogP) is 7.72. The molecule has 0 amide bonds. The molecule has 2 nitrogen and oxygen atoms in total. The van der Waals surface area contributed by atoms with Crippen molar-refractivity contribution in [3.63, 3.8) is 0 Å². The molecule has 6 rings (SSSR count). The highest BCUT2D eigenvalue weighted by Crippen LogP contribution is 2.40. The van der Waals surface area contributed by atoms with Crippen LogP contribution in [0.15, 0.2) is 84.9 Å². The van der Waals surface area contributed by atoms with Gasteiger partial charge in [-0.1, -0.05) is 81.4 Å². The van der Waals surface area contributed by atoms with Crippen molar-refractivity contribution >= 4 is 43.6 Å². The Balaban J connectivity index is 1.88. The zero-order valence-electron chi connectivity index (χ0n) is 17.5. The first-order valence-electron chi connectivity index (χ1n) is 10.6.